The minimum Gasteiger partial charge on any atom is -0.398 e. The molecule has 0 spiro atoms. The Hall–Kier alpha value is -1.07. The molecule has 0 aromatic heterocycles. The first-order valence-corrected chi connectivity index (χ1v) is 7.74. The van der Waals surface area contributed by atoms with Crippen LogP contribution in [0.15, 0.2) is 22.7 Å². The van der Waals surface area contributed by atoms with Gasteiger partial charge in [-0.05, 0) is 74.4 Å². The van der Waals surface area contributed by atoms with Crippen LogP contribution in [0.25, 0.3) is 0 Å². The highest BCUT2D eigenvalue weighted by atomic mass is 79.9. The van der Waals surface area contributed by atoms with Gasteiger partial charge in [0.25, 0.3) is 5.91 Å². The standard InChI is InChI=1S/C15H24BrN3O/c1-11(2)19(3)9-5-4-8-18-15(20)12-6-7-14(17)13(16)10-12/h6-7,10-11H,4-5,8-9,17H2,1-3H3,(H,18,20). The predicted octanol–water partition coefficient (Wildman–Crippen LogP) is 2.88. The SMILES string of the molecule is CC(C)N(C)CCCCNC(=O)c1ccc(N)c(Br)c1. The lowest BCUT2D eigenvalue weighted by molar-refractivity contribution is 0.0952. The van der Waals surface area contributed by atoms with E-state index in [2.05, 4.69) is 47.0 Å². The number of anilines is 1. The molecular weight excluding hydrogens is 318 g/mol. The molecule has 3 N–H and O–H groups in total. The second kappa shape index (κ2) is 8.27. The van der Waals surface area contributed by atoms with Gasteiger partial charge in [-0.1, -0.05) is 0 Å². The summed E-state index contributed by atoms with van der Waals surface area (Å²) in [4.78, 5) is 14.2. The number of hydrogen-bond donors (Lipinski definition) is 2. The number of hydrogen-bond acceptors (Lipinski definition) is 3. The summed E-state index contributed by atoms with van der Waals surface area (Å²) in [5.41, 5.74) is 6.97. The van der Waals surface area contributed by atoms with E-state index >= 15 is 0 Å². The van der Waals surface area contributed by atoms with Gasteiger partial charge in [0.15, 0.2) is 0 Å². The molecular formula is C15H24BrN3O. The highest BCUT2D eigenvalue weighted by Gasteiger charge is 2.07. The number of halogens is 1. The van der Waals surface area contributed by atoms with Crippen molar-refractivity contribution in [1.29, 1.82) is 0 Å². The van der Waals surface area contributed by atoms with E-state index in [0.717, 1.165) is 23.9 Å². The van der Waals surface area contributed by atoms with Gasteiger partial charge in [0, 0.05) is 28.3 Å². The first-order valence-electron chi connectivity index (χ1n) is 6.95. The van der Waals surface area contributed by atoms with Crippen molar-refractivity contribution >= 4 is 27.5 Å². The van der Waals surface area contributed by atoms with Crippen LogP contribution in [-0.4, -0.2) is 37.0 Å². The van der Waals surface area contributed by atoms with Gasteiger partial charge in [0.1, 0.15) is 0 Å². The first kappa shape index (κ1) is 17.0. The molecule has 0 fully saturated rings. The number of amides is 1. The molecule has 0 saturated carbocycles. The molecule has 0 aliphatic carbocycles. The summed E-state index contributed by atoms with van der Waals surface area (Å²) in [5, 5.41) is 2.93. The highest BCUT2D eigenvalue weighted by molar-refractivity contribution is 9.10. The number of rotatable bonds is 7. The van der Waals surface area contributed by atoms with Gasteiger partial charge in [-0.3, -0.25) is 4.79 Å². The first-order chi connectivity index (χ1) is 9.41. The third-order valence-corrected chi connectivity index (χ3v) is 4.05. The fourth-order valence-corrected chi connectivity index (χ4v) is 2.10. The van der Waals surface area contributed by atoms with Crippen molar-refractivity contribution in [3.05, 3.63) is 28.2 Å². The van der Waals surface area contributed by atoms with Gasteiger partial charge in [-0.15, -0.1) is 0 Å². The lowest BCUT2D eigenvalue weighted by atomic mass is 10.2. The van der Waals surface area contributed by atoms with E-state index in [1.807, 2.05) is 0 Å². The van der Waals surface area contributed by atoms with Crippen LogP contribution < -0.4 is 11.1 Å². The molecule has 0 saturated heterocycles. The Balaban J connectivity index is 2.28. The zero-order valence-corrected chi connectivity index (χ0v) is 14.0. The number of nitrogens with zero attached hydrogens (tertiary/aromatic N) is 1. The van der Waals surface area contributed by atoms with E-state index < -0.39 is 0 Å². The van der Waals surface area contributed by atoms with Crippen LogP contribution in [0.1, 0.15) is 37.0 Å². The predicted molar refractivity (Wildman–Crippen MR) is 87.9 cm³/mol. The Kier molecular flexibility index (Phi) is 7.02. The Morgan fingerprint density at radius 3 is 2.70 bits per heavy atom. The molecule has 5 heteroatoms. The van der Waals surface area contributed by atoms with Crippen LogP contribution in [0.4, 0.5) is 5.69 Å². The third kappa shape index (κ3) is 5.51. The van der Waals surface area contributed by atoms with E-state index in [1.165, 1.54) is 0 Å². The molecule has 0 aliphatic heterocycles. The van der Waals surface area contributed by atoms with Crippen LogP contribution in [0.2, 0.25) is 0 Å². The van der Waals surface area contributed by atoms with Crippen molar-refractivity contribution in [3.63, 3.8) is 0 Å². The fraction of sp³-hybridized carbons (Fsp3) is 0.533. The molecule has 0 radical (unpaired) electrons. The van der Waals surface area contributed by atoms with E-state index in [4.69, 9.17) is 5.73 Å². The van der Waals surface area contributed by atoms with Gasteiger partial charge in [-0.25, -0.2) is 0 Å². The van der Waals surface area contributed by atoms with Crippen LogP contribution in [0.5, 0.6) is 0 Å². The Morgan fingerprint density at radius 2 is 2.10 bits per heavy atom. The molecule has 1 amide bonds. The van der Waals surface area contributed by atoms with Crippen molar-refractivity contribution in [2.75, 3.05) is 25.9 Å². The Bertz CT molecular complexity index is 449. The molecule has 1 rings (SSSR count). The monoisotopic (exact) mass is 341 g/mol. The summed E-state index contributed by atoms with van der Waals surface area (Å²) in [6.07, 6.45) is 2.07. The summed E-state index contributed by atoms with van der Waals surface area (Å²) in [6.45, 7) is 6.12. The molecule has 0 unspecified atom stereocenters. The van der Waals surface area contributed by atoms with Crippen molar-refractivity contribution in [3.8, 4) is 0 Å². The maximum atomic E-state index is 11.9. The lowest BCUT2D eigenvalue weighted by Gasteiger charge is -2.20. The summed E-state index contributed by atoms with van der Waals surface area (Å²) in [6, 6.07) is 5.78. The van der Waals surface area contributed by atoms with Crippen LogP contribution >= 0.6 is 15.9 Å². The zero-order valence-electron chi connectivity index (χ0n) is 12.4. The average Bonchev–Trinajstić information content (AvgIpc) is 2.40. The van der Waals surface area contributed by atoms with E-state index in [1.54, 1.807) is 18.2 Å². The number of nitrogen functional groups attached to an aromatic ring is 1. The number of nitrogens with two attached hydrogens (primary N) is 1. The molecule has 112 valence electrons. The number of unbranched alkanes of at least 4 members (excludes halogenated alkanes) is 1. The van der Waals surface area contributed by atoms with E-state index in [-0.39, 0.29) is 5.91 Å². The van der Waals surface area contributed by atoms with Crippen LogP contribution in [-0.2, 0) is 0 Å². The zero-order chi connectivity index (χ0) is 15.1. The largest absolute Gasteiger partial charge is 0.398 e. The van der Waals surface area contributed by atoms with Crippen LogP contribution in [0, 0.1) is 0 Å². The van der Waals surface area contributed by atoms with E-state index in [9.17, 15) is 4.79 Å². The van der Waals surface area contributed by atoms with Gasteiger partial charge in [0.05, 0.1) is 0 Å². The Labute approximate surface area is 129 Å². The quantitative estimate of drug-likeness (QED) is 0.592. The molecule has 4 nitrogen and oxygen atoms in total. The van der Waals surface area contributed by atoms with Crippen molar-refractivity contribution in [2.24, 2.45) is 0 Å². The maximum absolute atomic E-state index is 11.9. The number of benzene rings is 1. The van der Waals surface area contributed by atoms with Crippen molar-refractivity contribution in [1.82, 2.24) is 10.2 Å². The normalized spacial score (nSPS) is 11.1. The summed E-state index contributed by atoms with van der Waals surface area (Å²) < 4.78 is 0.753. The molecule has 0 bridgehead atoms. The number of carbonyl (C=O) groups excluding carboxylic acids is 1. The topological polar surface area (TPSA) is 58.4 Å². The summed E-state index contributed by atoms with van der Waals surface area (Å²) >= 11 is 3.33. The molecule has 0 aliphatic rings. The van der Waals surface area contributed by atoms with Crippen molar-refractivity contribution in [2.45, 2.75) is 32.7 Å². The molecule has 0 atom stereocenters. The smallest absolute Gasteiger partial charge is 0.251 e. The van der Waals surface area contributed by atoms with Crippen LogP contribution in [0.3, 0.4) is 0 Å². The molecule has 0 heterocycles. The van der Waals surface area contributed by atoms with Gasteiger partial charge >= 0.3 is 0 Å². The second-order valence-corrected chi connectivity index (χ2v) is 6.13. The fourth-order valence-electron chi connectivity index (χ4n) is 1.72. The number of carbonyl (C=O) groups is 1. The number of nitrogens with one attached hydrogen (secondary N) is 1. The maximum Gasteiger partial charge on any atom is 0.251 e. The second-order valence-electron chi connectivity index (χ2n) is 5.27. The average molecular weight is 342 g/mol. The van der Waals surface area contributed by atoms with Gasteiger partial charge in [0.2, 0.25) is 0 Å². The van der Waals surface area contributed by atoms with E-state index in [0.29, 0.717) is 23.8 Å². The highest BCUT2D eigenvalue weighted by Crippen LogP contribution is 2.20. The minimum absolute atomic E-state index is 0.0529. The van der Waals surface area contributed by atoms with Gasteiger partial charge in [-0.2, -0.15) is 0 Å². The Morgan fingerprint density at radius 1 is 1.40 bits per heavy atom. The minimum atomic E-state index is -0.0529. The summed E-state index contributed by atoms with van der Waals surface area (Å²) in [5.74, 6) is -0.0529. The molecule has 1 aromatic rings. The molecule has 1 aromatic carbocycles. The van der Waals surface area contributed by atoms with Crippen molar-refractivity contribution < 1.29 is 4.79 Å². The van der Waals surface area contributed by atoms with Gasteiger partial charge < -0.3 is 16.0 Å². The summed E-state index contributed by atoms with van der Waals surface area (Å²) in [7, 11) is 2.12. The third-order valence-electron chi connectivity index (χ3n) is 3.37. The molecule has 20 heavy (non-hydrogen) atoms. The lowest BCUT2D eigenvalue weighted by Crippen LogP contribution is -2.29.